The van der Waals surface area contributed by atoms with Crippen LogP contribution in [0.25, 0.3) is 0 Å². The molecule has 1 atom stereocenters. The Morgan fingerprint density at radius 2 is 1.91 bits per heavy atom. The summed E-state index contributed by atoms with van der Waals surface area (Å²) < 4.78 is 1.06. The van der Waals surface area contributed by atoms with Crippen molar-refractivity contribution in [2.24, 2.45) is 0 Å². The molecule has 0 heterocycles. The standard InChI is InChI=1S/C15H18BrN3O3/c1-9(20)17-7-14(21)18-8-15(22)19-13-6-5-10-11(13)3-2-4-12(10)16/h2-4,13H,5-8H2,1H3,(H,17,20)(H,18,21)(H,19,22). The van der Waals surface area contributed by atoms with Crippen LogP contribution in [0.4, 0.5) is 0 Å². The Bertz CT molecular complexity index is 604. The maximum atomic E-state index is 11.9. The molecule has 0 spiro atoms. The fraction of sp³-hybridized carbons (Fsp3) is 0.400. The highest BCUT2D eigenvalue weighted by Gasteiger charge is 2.25. The lowest BCUT2D eigenvalue weighted by atomic mass is 10.1. The quantitative estimate of drug-likeness (QED) is 0.719. The van der Waals surface area contributed by atoms with E-state index >= 15 is 0 Å². The lowest BCUT2D eigenvalue weighted by Crippen LogP contribution is -2.42. The number of halogens is 1. The Kier molecular flexibility index (Phi) is 5.54. The van der Waals surface area contributed by atoms with E-state index in [0.29, 0.717) is 0 Å². The van der Waals surface area contributed by atoms with Crippen LogP contribution in [0.3, 0.4) is 0 Å². The Labute approximate surface area is 137 Å². The number of hydrogen-bond acceptors (Lipinski definition) is 3. The van der Waals surface area contributed by atoms with Crippen LogP contribution in [-0.2, 0) is 20.8 Å². The van der Waals surface area contributed by atoms with Gasteiger partial charge in [-0.2, -0.15) is 0 Å². The number of hydrogen-bond donors (Lipinski definition) is 3. The van der Waals surface area contributed by atoms with Crippen molar-refractivity contribution in [1.29, 1.82) is 0 Å². The van der Waals surface area contributed by atoms with Crippen molar-refractivity contribution >= 4 is 33.7 Å². The summed E-state index contributed by atoms with van der Waals surface area (Å²) in [5.41, 5.74) is 2.34. The molecule has 0 radical (unpaired) electrons. The van der Waals surface area contributed by atoms with E-state index in [2.05, 4.69) is 31.9 Å². The summed E-state index contributed by atoms with van der Waals surface area (Å²) in [7, 11) is 0. The van der Waals surface area contributed by atoms with E-state index in [9.17, 15) is 14.4 Å². The third-order valence-electron chi connectivity index (χ3n) is 3.49. The molecule has 1 aromatic rings. The predicted octanol–water partition coefficient (Wildman–Crippen LogP) is 0.805. The van der Waals surface area contributed by atoms with Gasteiger partial charge in [0.15, 0.2) is 0 Å². The zero-order valence-corrected chi connectivity index (χ0v) is 13.8. The predicted molar refractivity (Wildman–Crippen MR) is 85.0 cm³/mol. The van der Waals surface area contributed by atoms with Gasteiger partial charge in [0.2, 0.25) is 17.7 Å². The fourth-order valence-corrected chi connectivity index (χ4v) is 3.03. The summed E-state index contributed by atoms with van der Waals surface area (Å²) in [5, 5.41) is 7.77. The molecule has 0 aromatic heterocycles. The van der Waals surface area contributed by atoms with Crippen LogP contribution in [0, 0.1) is 0 Å². The van der Waals surface area contributed by atoms with Gasteiger partial charge in [-0.1, -0.05) is 28.1 Å². The van der Waals surface area contributed by atoms with Gasteiger partial charge in [-0.25, -0.2) is 0 Å². The van der Waals surface area contributed by atoms with Crippen LogP contribution >= 0.6 is 15.9 Å². The van der Waals surface area contributed by atoms with E-state index in [1.165, 1.54) is 12.5 Å². The molecular formula is C15H18BrN3O3. The molecule has 7 heteroatoms. The molecule has 1 unspecified atom stereocenters. The summed E-state index contributed by atoms with van der Waals surface area (Å²) in [6.45, 7) is 1.11. The second-order valence-electron chi connectivity index (χ2n) is 5.15. The minimum absolute atomic E-state index is 0.0211. The molecule has 0 fully saturated rings. The van der Waals surface area contributed by atoms with Crippen LogP contribution in [0.1, 0.15) is 30.5 Å². The van der Waals surface area contributed by atoms with Crippen LogP contribution in [-0.4, -0.2) is 30.8 Å². The van der Waals surface area contributed by atoms with E-state index in [1.54, 1.807) is 0 Å². The molecule has 1 aliphatic carbocycles. The Hall–Kier alpha value is -1.89. The molecule has 0 saturated heterocycles. The molecule has 0 bridgehead atoms. The van der Waals surface area contributed by atoms with E-state index in [-0.39, 0.29) is 36.9 Å². The zero-order valence-electron chi connectivity index (χ0n) is 12.2. The molecule has 3 N–H and O–H groups in total. The van der Waals surface area contributed by atoms with Gasteiger partial charge in [-0.05, 0) is 30.0 Å². The molecule has 0 saturated carbocycles. The van der Waals surface area contributed by atoms with Gasteiger partial charge in [-0.3, -0.25) is 14.4 Å². The lowest BCUT2D eigenvalue weighted by Gasteiger charge is -2.14. The third kappa shape index (κ3) is 4.30. The number of benzene rings is 1. The van der Waals surface area contributed by atoms with Crippen molar-refractivity contribution in [3.8, 4) is 0 Å². The van der Waals surface area contributed by atoms with Crippen molar-refractivity contribution in [1.82, 2.24) is 16.0 Å². The van der Waals surface area contributed by atoms with Gasteiger partial charge >= 0.3 is 0 Å². The highest BCUT2D eigenvalue weighted by atomic mass is 79.9. The van der Waals surface area contributed by atoms with Gasteiger partial charge in [0.05, 0.1) is 19.1 Å². The largest absolute Gasteiger partial charge is 0.348 e. The Morgan fingerprint density at radius 1 is 1.18 bits per heavy atom. The van der Waals surface area contributed by atoms with Gasteiger partial charge in [0.1, 0.15) is 0 Å². The zero-order chi connectivity index (χ0) is 16.1. The molecule has 2 rings (SSSR count). The minimum Gasteiger partial charge on any atom is -0.348 e. The molecule has 1 aromatic carbocycles. The number of carbonyl (C=O) groups excluding carboxylic acids is 3. The second-order valence-corrected chi connectivity index (χ2v) is 6.01. The van der Waals surface area contributed by atoms with Gasteiger partial charge in [-0.15, -0.1) is 0 Å². The number of rotatable bonds is 5. The highest BCUT2D eigenvalue weighted by molar-refractivity contribution is 9.10. The Morgan fingerprint density at radius 3 is 2.64 bits per heavy atom. The van der Waals surface area contributed by atoms with E-state index in [4.69, 9.17) is 0 Å². The molecule has 0 aliphatic heterocycles. The maximum Gasteiger partial charge on any atom is 0.239 e. The number of carbonyl (C=O) groups is 3. The van der Waals surface area contributed by atoms with E-state index < -0.39 is 0 Å². The number of amides is 3. The molecule has 3 amide bonds. The van der Waals surface area contributed by atoms with Crippen molar-refractivity contribution < 1.29 is 14.4 Å². The first-order chi connectivity index (χ1) is 10.5. The smallest absolute Gasteiger partial charge is 0.239 e. The Balaban J connectivity index is 1.81. The van der Waals surface area contributed by atoms with Crippen LogP contribution in [0.2, 0.25) is 0 Å². The SMILES string of the molecule is CC(=O)NCC(=O)NCC(=O)NC1CCc2c(Br)cccc21. The average Bonchev–Trinajstić information content (AvgIpc) is 2.87. The minimum atomic E-state index is -0.389. The lowest BCUT2D eigenvalue weighted by molar-refractivity contribution is -0.127. The fourth-order valence-electron chi connectivity index (χ4n) is 2.45. The summed E-state index contributed by atoms with van der Waals surface area (Å²) in [6, 6.07) is 5.92. The molecule has 1 aliphatic rings. The highest BCUT2D eigenvalue weighted by Crippen LogP contribution is 2.35. The van der Waals surface area contributed by atoms with Crippen LogP contribution in [0.15, 0.2) is 22.7 Å². The summed E-state index contributed by atoms with van der Waals surface area (Å²) in [5.74, 6) is -0.915. The number of nitrogens with one attached hydrogen (secondary N) is 3. The molecular weight excluding hydrogens is 350 g/mol. The second kappa shape index (κ2) is 7.40. The maximum absolute atomic E-state index is 11.9. The normalized spacial score (nSPS) is 15.8. The monoisotopic (exact) mass is 367 g/mol. The van der Waals surface area contributed by atoms with E-state index in [0.717, 1.165) is 22.9 Å². The van der Waals surface area contributed by atoms with Crippen LogP contribution in [0.5, 0.6) is 0 Å². The van der Waals surface area contributed by atoms with Gasteiger partial charge in [0.25, 0.3) is 0 Å². The average molecular weight is 368 g/mol. The van der Waals surface area contributed by atoms with E-state index in [1.807, 2.05) is 18.2 Å². The molecule has 22 heavy (non-hydrogen) atoms. The molecule has 118 valence electrons. The first-order valence-corrected chi connectivity index (χ1v) is 7.84. The molecule has 6 nitrogen and oxygen atoms in total. The summed E-state index contributed by atoms with van der Waals surface area (Å²) in [6.07, 6.45) is 1.76. The first kappa shape index (κ1) is 16.5. The first-order valence-electron chi connectivity index (χ1n) is 7.05. The van der Waals surface area contributed by atoms with Crippen LogP contribution < -0.4 is 16.0 Å². The summed E-state index contributed by atoms with van der Waals surface area (Å²) in [4.78, 5) is 34.0. The summed E-state index contributed by atoms with van der Waals surface area (Å²) >= 11 is 3.52. The van der Waals surface area contributed by atoms with Crippen molar-refractivity contribution in [2.75, 3.05) is 13.1 Å². The number of fused-ring (bicyclic) bond motifs is 1. The van der Waals surface area contributed by atoms with Crippen molar-refractivity contribution in [3.63, 3.8) is 0 Å². The van der Waals surface area contributed by atoms with Gasteiger partial charge in [0, 0.05) is 11.4 Å². The van der Waals surface area contributed by atoms with Crippen molar-refractivity contribution in [2.45, 2.75) is 25.8 Å². The van der Waals surface area contributed by atoms with Crippen molar-refractivity contribution in [3.05, 3.63) is 33.8 Å². The van der Waals surface area contributed by atoms with Gasteiger partial charge < -0.3 is 16.0 Å². The third-order valence-corrected chi connectivity index (χ3v) is 4.24. The topological polar surface area (TPSA) is 87.3 Å².